The molecule has 3 aromatic carbocycles. The van der Waals surface area contributed by atoms with Gasteiger partial charge in [0, 0.05) is 30.2 Å². The van der Waals surface area contributed by atoms with Crippen molar-refractivity contribution in [1.82, 2.24) is 20.9 Å². The number of rotatable bonds is 10. The molecule has 39 heavy (non-hydrogen) atoms. The number of pyridine rings is 1. The van der Waals surface area contributed by atoms with Gasteiger partial charge < -0.3 is 26.4 Å². The van der Waals surface area contributed by atoms with Gasteiger partial charge in [-0.3, -0.25) is 19.4 Å². The molecule has 0 aliphatic rings. The van der Waals surface area contributed by atoms with Crippen LogP contribution in [0.5, 0.6) is 0 Å². The minimum atomic E-state index is -1.08. The van der Waals surface area contributed by atoms with E-state index in [1.807, 2.05) is 42.5 Å². The largest absolute Gasteiger partial charge is 0.481 e. The Bertz CT molecular complexity index is 1490. The molecule has 0 aliphatic heterocycles. The van der Waals surface area contributed by atoms with Crippen molar-refractivity contribution in [3.05, 3.63) is 108 Å². The lowest BCUT2D eigenvalue weighted by atomic mass is 10.0. The van der Waals surface area contributed by atoms with Gasteiger partial charge in [-0.2, -0.15) is 0 Å². The third kappa shape index (κ3) is 7.62. The normalized spacial score (nSPS) is 11.3. The summed E-state index contributed by atoms with van der Waals surface area (Å²) >= 11 is 0. The number of hydrogen-bond donors (Lipinski definition) is 5. The number of nitrogens with one attached hydrogen (secondary N) is 4. The van der Waals surface area contributed by atoms with Gasteiger partial charge >= 0.3 is 12.0 Å². The van der Waals surface area contributed by atoms with E-state index in [0.717, 1.165) is 16.3 Å². The van der Waals surface area contributed by atoms with Gasteiger partial charge in [-0.15, -0.1) is 0 Å². The fourth-order valence-electron chi connectivity index (χ4n) is 4.05. The topological polar surface area (TPSA) is 150 Å². The van der Waals surface area contributed by atoms with Gasteiger partial charge in [0.2, 0.25) is 5.91 Å². The molecule has 0 aliphatic carbocycles. The third-order valence-electron chi connectivity index (χ3n) is 5.91. The van der Waals surface area contributed by atoms with Crippen LogP contribution in [-0.4, -0.2) is 40.5 Å². The van der Waals surface area contributed by atoms with E-state index in [1.54, 1.807) is 36.5 Å². The number of aliphatic carboxylic acids is 1. The van der Waals surface area contributed by atoms with Crippen molar-refractivity contribution < 1.29 is 24.3 Å². The molecule has 0 bridgehead atoms. The number of carbonyl (C=O) groups excluding carboxylic acids is 3. The number of benzene rings is 3. The number of fused-ring (bicyclic) bond motifs is 1. The molecule has 4 aromatic rings. The molecule has 0 fully saturated rings. The Labute approximate surface area is 224 Å². The summed E-state index contributed by atoms with van der Waals surface area (Å²) in [6, 6.07) is 22.2. The quantitative estimate of drug-likeness (QED) is 0.213. The Hall–Kier alpha value is -5.25. The highest BCUT2D eigenvalue weighted by Crippen LogP contribution is 2.19. The third-order valence-corrected chi connectivity index (χ3v) is 5.91. The van der Waals surface area contributed by atoms with Crippen LogP contribution in [0, 0.1) is 0 Å². The lowest BCUT2D eigenvalue weighted by Crippen LogP contribution is -2.39. The minimum absolute atomic E-state index is 0.240. The molecule has 0 saturated carbocycles. The van der Waals surface area contributed by atoms with E-state index in [4.69, 9.17) is 0 Å². The standard InChI is InChI=1S/C29H27N5O5/c35-26(34-25(15-27(36)37)22-10-5-13-30-16-22)18-31-28(38)20-8-4-11-23(14-20)33-29(39)32-17-21-9-3-7-19-6-1-2-12-24(19)21/h1-14,16,25H,15,17-18H2,(H,31,38)(H,34,35)(H,36,37)(H2,32,33,39). The van der Waals surface area contributed by atoms with Gasteiger partial charge in [-0.05, 0) is 46.2 Å². The summed E-state index contributed by atoms with van der Waals surface area (Å²) in [5, 5.41) is 22.0. The molecule has 1 unspecified atom stereocenters. The maximum absolute atomic E-state index is 12.6. The fraction of sp³-hybridized carbons (Fsp3) is 0.138. The van der Waals surface area contributed by atoms with Crippen molar-refractivity contribution in [3.63, 3.8) is 0 Å². The van der Waals surface area contributed by atoms with Crippen LogP contribution in [0.3, 0.4) is 0 Å². The number of carboxylic acid groups (broad SMARTS) is 1. The van der Waals surface area contributed by atoms with E-state index >= 15 is 0 Å². The molecule has 198 valence electrons. The maximum Gasteiger partial charge on any atom is 0.319 e. The lowest BCUT2D eigenvalue weighted by Gasteiger charge is -2.17. The van der Waals surface area contributed by atoms with Crippen LogP contribution in [0.1, 0.15) is 33.9 Å². The average Bonchev–Trinajstić information content (AvgIpc) is 2.95. The van der Waals surface area contributed by atoms with E-state index in [-0.39, 0.29) is 18.5 Å². The molecule has 4 rings (SSSR count). The molecule has 10 heteroatoms. The molecule has 1 aromatic heterocycles. The van der Waals surface area contributed by atoms with E-state index in [2.05, 4.69) is 26.3 Å². The van der Waals surface area contributed by atoms with Crippen LogP contribution in [0.4, 0.5) is 10.5 Å². The number of anilines is 1. The second-order valence-corrected chi connectivity index (χ2v) is 8.71. The first kappa shape index (κ1) is 26.8. The first-order valence-corrected chi connectivity index (χ1v) is 12.2. The first-order valence-electron chi connectivity index (χ1n) is 12.2. The van der Waals surface area contributed by atoms with Crippen LogP contribution < -0.4 is 21.3 Å². The van der Waals surface area contributed by atoms with Crippen LogP contribution in [-0.2, 0) is 16.1 Å². The van der Waals surface area contributed by atoms with E-state index in [0.29, 0.717) is 17.8 Å². The molecular formula is C29H27N5O5. The summed E-state index contributed by atoms with van der Waals surface area (Å²) < 4.78 is 0. The fourth-order valence-corrected chi connectivity index (χ4v) is 4.05. The Morgan fingerprint density at radius 2 is 1.67 bits per heavy atom. The van der Waals surface area contributed by atoms with Crippen molar-refractivity contribution in [2.75, 3.05) is 11.9 Å². The Kier molecular flexibility index (Phi) is 8.81. The van der Waals surface area contributed by atoms with E-state index in [1.165, 1.54) is 12.3 Å². The molecule has 1 atom stereocenters. The number of aromatic nitrogens is 1. The molecule has 0 spiro atoms. The highest BCUT2D eigenvalue weighted by molar-refractivity contribution is 5.98. The zero-order valence-corrected chi connectivity index (χ0v) is 20.9. The molecule has 4 amide bonds. The molecule has 0 saturated heterocycles. The predicted molar refractivity (Wildman–Crippen MR) is 146 cm³/mol. The highest BCUT2D eigenvalue weighted by Gasteiger charge is 2.19. The van der Waals surface area contributed by atoms with E-state index < -0.39 is 29.9 Å². The van der Waals surface area contributed by atoms with Crippen LogP contribution in [0.2, 0.25) is 0 Å². The highest BCUT2D eigenvalue weighted by atomic mass is 16.4. The van der Waals surface area contributed by atoms with Gasteiger partial charge in [0.1, 0.15) is 0 Å². The summed E-state index contributed by atoms with van der Waals surface area (Å²) in [5.41, 5.74) is 2.16. The Morgan fingerprint density at radius 3 is 2.46 bits per heavy atom. The predicted octanol–water partition coefficient (Wildman–Crippen LogP) is 3.62. The molecule has 5 N–H and O–H groups in total. The first-order chi connectivity index (χ1) is 18.9. The van der Waals surface area contributed by atoms with Gasteiger partial charge in [-0.1, -0.05) is 54.6 Å². The summed E-state index contributed by atoms with van der Waals surface area (Å²) in [6.45, 7) is -0.0389. The Morgan fingerprint density at radius 1 is 0.872 bits per heavy atom. The van der Waals surface area contributed by atoms with Gasteiger partial charge in [-0.25, -0.2) is 4.79 Å². The smallest absolute Gasteiger partial charge is 0.319 e. The number of nitrogens with zero attached hydrogens (tertiary/aromatic N) is 1. The summed E-state index contributed by atoms with van der Waals surface area (Å²) in [5.74, 6) is -2.17. The van der Waals surface area contributed by atoms with Crippen molar-refractivity contribution in [1.29, 1.82) is 0 Å². The van der Waals surface area contributed by atoms with E-state index in [9.17, 15) is 24.3 Å². The summed E-state index contributed by atoms with van der Waals surface area (Å²) in [6.07, 6.45) is 2.69. The number of urea groups is 1. The van der Waals surface area contributed by atoms with Crippen LogP contribution in [0.15, 0.2) is 91.3 Å². The van der Waals surface area contributed by atoms with Crippen molar-refractivity contribution in [2.45, 2.75) is 19.0 Å². The zero-order chi connectivity index (χ0) is 27.6. The number of amides is 4. The van der Waals surface area contributed by atoms with Gasteiger partial charge in [0.15, 0.2) is 0 Å². The van der Waals surface area contributed by atoms with Crippen LogP contribution >= 0.6 is 0 Å². The number of hydrogen-bond acceptors (Lipinski definition) is 5. The van der Waals surface area contributed by atoms with Crippen molar-refractivity contribution >= 4 is 40.3 Å². The lowest BCUT2D eigenvalue weighted by molar-refractivity contribution is -0.137. The monoisotopic (exact) mass is 525 g/mol. The van der Waals surface area contributed by atoms with Crippen LogP contribution in [0.25, 0.3) is 10.8 Å². The molecule has 10 nitrogen and oxygen atoms in total. The number of carboxylic acids is 1. The molecular weight excluding hydrogens is 498 g/mol. The Balaban J connectivity index is 1.29. The van der Waals surface area contributed by atoms with Crippen molar-refractivity contribution in [3.8, 4) is 0 Å². The SMILES string of the molecule is O=C(O)CC(NC(=O)CNC(=O)c1cccc(NC(=O)NCc2cccc3ccccc23)c1)c1cccnc1. The summed E-state index contributed by atoms with van der Waals surface area (Å²) in [7, 11) is 0. The maximum atomic E-state index is 12.6. The minimum Gasteiger partial charge on any atom is -0.481 e. The average molecular weight is 526 g/mol. The second-order valence-electron chi connectivity index (χ2n) is 8.71. The van der Waals surface area contributed by atoms with Gasteiger partial charge in [0.05, 0.1) is 19.0 Å². The number of carbonyl (C=O) groups is 4. The molecule has 0 radical (unpaired) electrons. The second kappa shape index (κ2) is 12.8. The van der Waals surface area contributed by atoms with Gasteiger partial charge in [0.25, 0.3) is 5.91 Å². The summed E-state index contributed by atoms with van der Waals surface area (Å²) in [4.78, 5) is 52.7. The molecule has 1 heterocycles. The zero-order valence-electron chi connectivity index (χ0n) is 20.9. The van der Waals surface area contributed by atoms with Crippen molar-refractivity contribution in [2.24, 2.45) is 0 Å².